The third-order valence-electron chi connectivity index (χ3n) is 4.64. The molecule has 1 aromatic heterocycles. The molecule has 0 unspecified atom stereocenters. The van der Waals surface area contributed by atoms with E-state index >= 15 is 0 Å². The number of hydrogen-bond donors (Lipinski definition) is 4. The fourth-order valence-electron chi connectivity index (χ4n) is 3.19. The Morgan fingerprint density at radius 2 is 1.69 bits per heavy atom. The third kappa shape index (κ3) is 4.68. The van der Waals surface area contributed by atoms with Gasteiger partial charge in [-0.2, -0.15) is 4.98 Å². The molecule has 0 saturated heterocycles. The first kappa shape index (κ1) is 22.4. The quantitative estimate of drug-likeness (QED) is 0.383. The number of nitrogens with zero attached hydrogens (tertiary/aromatic N) is 1. The number of halogens is 4. The maximum atomic E-state index is 12.9. The second-order valence-corrected chi connectivity index (χ2v) is 8.53. The van der Waals surface area contributed by atoms with E-state index in [2.05, 4.69) is 25.9 Å². The van der Waals surface area contributed by atoms with Gasteiger partial charge in [-0.1, -0.05) is 46.4 Å². The summed E-state index contributed by atoms with van der Waals surface area (Å²) in [6, 6.07) is 9.29. The van der Waals surface area contributed by atoms with Crippen LogP contribution in [-0.4, -0.2) is 21.8 Å². The molecule has 164 valence electrons. The predicted molar refractivity (Wildman–Crippen MR) is 126 cm³/mol. The van der Waals surface area contributed by atoms with E-state index in [0.717, 1.165) is 0 Å². The summed E-state index contributed by atoms with van der Waals surface area (Å²) < 4.78 is 0. The lowest BCUT2D eigenvalue weighted by Crippen LogP contribution is -2.36. The van der Waals surface area contributed by atoms with Crippen LogP contribution in [0.25, 0.3) is 0 Å². The van der Waals surface area contributed by atoms with Crippen molar-refractivity contribution in [1.29, 1.82) is 0 Å². The van der Waals surface area contributed by atoms with Crippen molar-refractivity contribution in [2.24, 2.45) is 0 Å². The molecular weight excluding hydrogens is 500 g/mol. The Hall–Kier alpha value is -2.78. The monoisotopic (exact) mass is 511 g/mol. The van der Waals surface area contributed by atoms with E-state index in [1.165, 1.54) is 18.2 Å². The molecule has 0 fully saturated rings. The summed E-state index contributed by atoms with van der Waals surface area (Å²) in [5.74, 6) is -2.16. The second-order valence-electron chi connectivity index (χ2n) is 6.84. The Balaban J connectivity index is 1.66. The Morgan fingerprint density at radius 3 is 2.44 bits per heavy atom. The molecule has 2 heterocycles. The molecule has 0 aliphatic carbocycles. The van der Waals surface area contributed by atoms with Gasteiger partial charge in [0.25, 0.3) is 5.56 Å². The second kappa shape index (κ2) is 8.99. The first-order chi connectivity index (χ1) is 15.2. The van der Waals surface area contributed by atoms with E-state index < -0.39 is 23.3 Å². The molecule has 0 spiro atoms. The zero-order valence-corrected chi connectivity index (χ0v) is 19.0. The zero-order chi connectivity index (χ0) is 23.0. The largest absolute Gasteiger partial charge is 0.324 e. The highest BCUT2D eigenvalue weighted by Gasteiger charge is 2.35. The van der Waals surface area contributed by atoms with Crippen LogP contribution in [0, 0.1) is 0 Å². The highest BCUT2D eigenvalue weighted by atomic mass is 35.5. The molecular formula is C20H13Cl4N5O3. The maximum absolute atomic E-state index is 12.9. The van der Waals surface area contributed by atoms with Crippen LogP contribution in [0.4, 0.5) is 23.1 Å². The standard InChI is InChI=1S/C20H13Cl4N5O3/c21-8-2-4-13(12(24)5-8)26-20-28-17-16(19(32)29-20)10(7-15(30)27-17)18(31)25-14-6-9(22)1-3-11(14)23/h1-6,10H,7H2,(H,25,31)(H3,26,27,28,29,30,32)/t10-/m1/s1. The predicted octanol–water partition coefficient (Wildman–Crippen LogP) is 5.19. The molecule has 2 aromatic carbocycles. The average Bonchev–Trinajstić information content (AvgIpc) is 2.72. The number of amides is 2. The molecule has 32 heavy (non-hydrogen) atoms. The van der Waals surface area contributed by atoms with Gasteiger partial charge in [-0.05, 0) is 36.4 Å². The van der Waals surface area contributed by atoms with Crippen molar-refractivity contribution in [3.05, 3.63) is 72.4 Å². The van der Waals surface area contributed by atoms with Crippen molar-refractivity contribution in [2.45, 2.75) is 12.3 Å². The van der Waals surface area contributed by atoms with Crippen LogP contribution in [0.3, 0.4) is 0 Å². The Labute approximate surface area is 201 Å². The van der Waals surface area contributed by atoms with Gasteiger partial charge in [0.15, 0.2) is 0 Å². The highest BCUT2D eigenvalue weighted by molar-refractivity contribution is 6.36. The van der Waals surface area contributed by atoms with Gasteiger partial charge in [0, 0.05) is 16.5 Å². The molecule has 12 heteroatoms. The molecule has 1 atom stereocenters. The summed E-state index contributed by atoms with van der Waals surface area (Å²) in [6.07, 6.45) is -0.239. The van der Waals surface area contributed by atoms with Gasteiger partial charge < -0.3 is 16.0 Å². The number of benzene rings is 2. The van der Waals surface area contributed by atoms with Gasteiger partial charge in [-0.15, -0.1) is 0 Å². The van der Waals surface area contributed by atoms with Gasteiger partial charge in [0.2, 0.25) is 17.8 Å². The van der Waals surface area contributed by atoms with E-state index in [1.807, 2.05) is 0 Å². The topological polar surface area (TPSA) is 116 Å². The van der Waals surface area contributed by atoms with E-state index in [-0.39, 0.29) is 34.5 Å². The maximum Gasteiger partial charge on any atom is 0.258 e. The molecule has 1 aliphatic rings. The smallest absolute Gasteiger partial charge is 0.258 e. The molecule has 4 N–H and O–H groups in total. The van der Waals surface area contributed by atoms with E-state index in [0.29, 0.717) is 20.8 Å². The Morgan fingerprint density at radius 1 is 0.969 bits per heavy atom. The zero-order valence-electron chi connectivity index (χ0n) is 15.9. The molecule has 8 nitrogen and oxygen atoms in total. The van der Waals surface area contributed by atoms with Gasteiger partial charge in [0.05, 0.1) is 32.9 Å². The molecule has 2 amide bonds. The van der Waals surface area contributed by atoms with Gasteiger partial charge in [-0.3, -0.25) is 19.4 Å². The number of H-pyrrole nitrogens is 1. The molecule has 0 radical (unpaired) electrons. The number of aromatic nitrogens is 2. The Kier molecular flexibility index (Phi) is 6.30. The fourth-order valence-corrected chi connectivity index (χ4v) is 3.98. The Bertz CT molecular complexity index is 1310. The number of carbonyl (C=O) groups is 2. The van der Waals surface area contributed by atoms with Gasteiger partial charge in [0.1, 0.15) is 5.82 Å². The molecule has 1 aliphatic heterocycles. The number of hydrogen-bond acceptors (Lipinski definition) is 5. The lowest BCUT2D eigenvalue weighted by Gasteiger charge is -2.24. The summed E-state index contributed by atoms with van der Waals surface area (Å²) in [6.45, 7) is 0. The summed E-state index contributed by atoms with van der Waals surface area (Å²) >= 11 is 24.1. The number of rotatable bonds is 4. The average molecular weight is 513 g/mol. The van der Waals surface area contributed by atoms with Crippen LogP contribution < -0.4 is 21.5 Å². The minimum absolute atomic E-state index is 0.0213. The normalized spacial score (nSPS) is 15.0. The lowest BCUT2D eigenvalue weighted by atomic mass is 9.92. The lowest BCUT2D eigenvalue weighted by molar-refractivity contribution is -0.123. The van der Waals surface area contributed by atoms with Crippen LogP contribution >= 0.6 is 46.4 Å². The molecule has 0 saturated carbocycles. The van der Waals surface area contributed by atoms with Crippen molar-refractivity contribution in [2.75, 3.05) is 16.0 Å². The summed E-state index contributed by atoms with van der Waals surface area (Å²) in [5, 5.41) is 9.37. The highest BCUT2D eigenvalue weighted by Crippen LogP contribution is 2.33. The van der Waals surface area contributed by atoms with Crippen LogP contribution in [0.5, 0.6) is 0 Å². The van der Waals surface area contributed by atoms with Crippen molar-refractivity contribution in [1.82, 2.24) is 9.97 Å². The van der Waals surface area contributed by atoms with E-state index in [4.69, 9.17) is 46.4 Å². The van der Waals surface area contributed by atoms with E-state index in [9.17, 15) is 14.4 Å². The van der Waals surface area contributed by atoms with Crippen LogP contribution in [-0.2, 0) is 9.59 Å². The number of nitrogens with one attached hydrogen (secondary N) is 4. The molecule has 3 aromatic rings. The van der Waals surface area contributed by atoms with Gasteiger partial charge >= 0.3 is 0 Å². The van der Waals surface area contributed by atoms with Crippen molar-refractivity contribution < 1.29 is 9.59 Å². The summed E-state index contributed by atoms with van der Waals surface area (Å²) in [7, 11) is 0. The number of carbonyl (C=O) groups excluding carboxylic acids is 2. The minimum atomic E-state index is -1.08. The SMILES string of the molecule is O=C1C[C@@H](C(=O)Nc2cc(Cl)ccc2Cl)c2c(nc(Nc3ccc(Cl)cc3Cl)[nH]c2=O)N1. The van der Waals surface area contributed by atoms with Crippen molar-refractivity contribution in [3.8, 4) is 0 Å². The minimum Gasteiger partial charge on any atom is -0.324 e. The number of fused-ring (bicyclic) bond motifs is 1. The van der Waals surface area contributed by atoms with Gasteiger partial charge in [-0.25, -0.2) is 0 Å². The molecule has 0 bridgehead atoms. The van der Waals surface area contributed by atoms with Crippen LogP contribution in [0.2, 0.25) is 20.1 Å². The third-order valence-corrected chi connectivity index (χ3v) is 5.75. The van der Waals surface area contributed by atoms with Crippen LogP contribution in [0.1, 0.15) is 17.9 Å². The van der Waals surface area contributed by atoms with E-state index in [1.54, 1.807) is 18.2 Å². The molecule has 4 rings (SSSR count). The summed E-state index contributed by atoms with van der Waals surface area (Å²) in [5.41, 5.74) is 0.121. The van der Waals surface area contributed by atoms with Crippen molar-refractivity contribution >= 4 is 81.4 Å². The summed E-state index contributed by atoms with van der Waals surface area (Å²) in [4.78, 5) is 44.8. The number of aromatic amines is 1. The fraction of sp³-hybridized carbons (Fsp3) is 0.100. The number of anilines is 4. The first-order valence-electron chi connectivity index (χ1n) is 9.13. The van der Waals surface area contributed by atoms with Crippen molar-refractivity contribution in [3.63, 3.8) is 0 Å². The van der Waals surface area contributed by atoms with Crippen LogP contribution in [0.15, 0.2) is 41.2 Å². The first-order valence-corrected chi connectivity index (χ1v) is 10.6.